The molecule has 0 aliphatic carbocycles. The molecule has 0 amide bonds. The number of nitro groups is 1. The summed E-state index contributed by atoms with van der Waals surface area (Å²) in [6.07, 6.45) is 0. The van der Waals surface area contributed by atoms with Crippen LogP contribution in [0.25, 0.3) is 0 Å². The Hall–Kier alpha value is -3.83. The largest absolute Gasteiger partial charge is 0.493 e. The van der Waals surface area contributed by atoms with Crippen LogP contribution in [0.4, 0.5) is 14.5 Å². The number of carbonyl (C=O) groups is 1. The lowest BCUT2D eigenvalue weighted by atomic mass is 10.1. The predicted molar refractivity (Wildman–Crippen MR) is 101 cm³/mol. The number of benzene rings is 2. The van der Waals surface area contributed by atoms with Crippen molar-refractivity contribution >= 4 is 11.7 Å². The van der Waals surface area contributed by atoms with Crippen LogP contribution in [-0.4, -0.2) is 45.9 Å². The van der Waals surface area contributed by atoms with E-state index < -0.39 is 35.5 Å². The average Bonchev–Trinajstić information content (AvgIpc) is 2.75. The number of rotatable bonds is 10. The summed E-state index contributed by atoms with van der Waals surface area (Å²) in [5.41, 5.74) is -0.716. The first-order valence-electron chi connectivity index (χ1n) is 8.53. The van der Waals surface area contributed by atoms with Gasteiger partial charge in [0.2, 0.25) is 5.75 Å². The molecule has 0 radical (unpaired) electrons. The fourth-order valence-electron chi connectivity index (χ4n) is 2.71. The quantitative estimate of drug-likeness (QED) is 0.309. The second-order valence-corrected chi connectivity index (χ2v) is 5.73. The highest BCUT2D eigenvalue weighted by Crippen LogP contribution is 2.40. The number of ether oxygens (including phenoxy) is 6. The highest BCUT2D eigenvalue weighted by molar-refractivity contribution is 5.94. The summed E-state index contributed by atoms with van der Waals surface area (Å²) >= 11 is 0. The minimum absolute atomic E-state index is 0.0209. The molecule has 0 aromatic heterocycles. The second kappa shape index (κ2) is 10.3. The second-order valence-electron chi connectivity index (χ2n) is 5.73. The lowest BCUT2D eigenvalue weighted by Crippen LogP contribution is -2.10. The summed E-state index contributed by atoms with van der Waals surface area (Å²) in [6, 6.07) is 4.68. The number of hydrogen-bond donors (Lipinski definition) is 0. The third kappa shape index (κ3) is 5.21. The van der Waals surface area contributed by atoms with Crippen molar-refractivity contribution in [2.45, 2.75) is 13.2 Å². The fourth-order valence-corrected chi connectivity index (χ4v) is 2.71. The van der Waals surface area contributed by atoms with Crippen molar-refractivity contribution in [1.29, 1.82) is 0 Å². The zero-order valence-corrected chi connectivity index (χ0v) is 17.0. The SMILES string of the molecule is COc1cc(COC(=O)c2ccc(OC)c(OC)c2OC)c([N+](=O)[O-])cc1OC(F)F. The van der Waals surface area contributed by atoms with Gasteiger partial charge in [0.15, 0.2) is 23.0 Å². The normalized spacial score (nSPS) is 10.4. The highest BCUT2D eigenvalue weighted by Gasteiger charge is 2.25. The van der Waals surface area contributed by atoms with Gasteiger partial charge < -0.3 is 28.4 Å². The molecule has 10 nitrogen and oxygen atoms in total. The molecule has 0 saturated heterocycles. The molecular formula is C19H19F2NO9. The molecule has 31 heavy (non-hydrogen) atoms. The number of nitro benzene ring substituents is 1. The van der Waals surface area contributed by atoms with E-state index in [-0.39, 0.29) is 28.4 Å². The Kier molecular flexibility index (Phi) is 7.77. The molecule has 168 valence electrons. The van der Waals surface area contributed by atoms with Gasteiger partial charge in [0.25, 0.3) is 5.69 Å². The van der Waals surface area contributed by atoms with Gasteiger partial charge in [-0.15, -0.1) is 0 Å². The van der Waals surface area contributed by atoms with Crippen LogP contribution in [0.3, 0.4) is 0 Å². The molecule has 12 heteroatoms. The molecule has 2 rings (SSSR count). The Morgan fingerprint density at radius 3 is 2.13 bits per heavy atom. The number of hydrogen-bond acceptors (Lipinski definition) is 9. The number of alkyl halides is 2. The smallest absolute Gasteiger partial charge is 0.387 e. The molecule has 0 unspecified atom stereocenters. The number of nitrogens with zero attached hydrogens (tertiary/aromatic N) is 1. The van der Waals surface area contributed by atoms with Crippen LogP contribution in [-0.2, 0) is 11.3 Å². The van der Waals surface area contributed by atoms with Crippen molar-refractivity contribution in [3.63, 3.8) is 0 Å². The van der Waals surface area contributed by atoms with Crippen LogP contribution >= 0.6 is 0 Å². The fraction of sp³-hybridized carbons (Fsp3) is 0.316. The van der Waals surface area contributed by atoms with Crippen LogP contribution in [0.15, 0.2) is 24.3 Å². The van der Waals surface area contributed by atoms with Gasteiger partial charge in [-0.1, -0.05) is 0 Å². The van der Waals surface area contributed by atoms with Crippen LogP contribution in [0.5, 0.6) is 28.7 Å². The minimum Gasteiger partial charge on any atom is -0.493 e. The molecule has 0 bridgehead atoms. The molecule has 2 aromatic rings. The van der Waals surface area contributed by atoms with Gasteiger partial charge in [-0.25, -0.2) is 4.79 Å². The Labute approximate surface area is 175 Å². The molecule has 0 atom stereocenters. The number of halogens is 2. The Balaban J connectivity index is 2.36. The van der Waals surface area contributed by atoms with E-state index >= 15 is 0 Å². The minimum atomic E-state index is -3.21. The van der Waals surface area contributed by atoms with Crippen LogP contribution in [0.2, 0.25) is 0 Å². The van der Waals surface area contributed by atoms with Crippen LogP contribution in [0.1, 0.15) is 15.9 Å². The summed E-state index contributed by atoms with van der Waals surface area (Å²) in [4.78, 5) is 23.1. The summed E-state index contributed by atoms with van der Waals surface area (Å²) in [6.45, 7) is -3.77. The van der Waals surface area contributed by atoms with Crippen molar-refractivity contribution in [2.24, 2.45) is 0 Å². The van der Waals surface area contributed by atoms with Crippen molar-refractivity contribution < 1.29 is 46.9 Å². The van der Waals surface area contributed by atoms with Gasteiger partial charge >= 0.3 is 12.6 Å². The maximum atomic E-state index is 12.6. The number of esters is 1. The van der Waals surface area contributed by atoms with E-state index in [0.717, 1.165) is 12.1 Å². The van der Waals surface area contributed by atoms with E-state index in [2.05, 4.69) is 4.74 Å². The average molecular weight is 443 g/mol. The first kappa shape index (κ1) is 23.4. The standard InChI is InChI=1S/C19H19F2NO9/c1-26-13-6-5-11(16(28-3)17(13)29-4)18(23)30-9-10-7-14(27-2)15(31-19(20)21)8-12(10)22(24)25/h5-8,19H,9H2,1-4H3. The summed E-state index contributed by atoms with van der Waals surface area (Å²) < 4.78 is 55.0. The monoisotopic (exact) mass is 443 g/mol. The molecule has 0 fully saturated rings. The number of carbonyl (C=O) groups excluding carboxylic acids is 1. The molecule has 0 heterocycles. The lowest BCUT2D eigenvalue weighted by Gasteiger charge is -2.15. The maximum absolute atomic E-state index is 12.6. The van der Waals surface area contributed by atoms with Crippen LogP contribution in [0, 0.1) is 10.1 Å². The van der Waals surface area contributed by atoms with Gasteiger partial charge in [0, 0.05) is 0 Å². The molecule has 0 aliphatic rings. The molecule has 0 saturated carbocycles. The zero-order valence-electron chi connectivity index (χ0n) is 17.0. The maximum Gasteiger partial charge on any atom is 0.387 e. The van der Waals surface area contributed by atoms with Gasteiger partial charge in [-0.05, 0) is 18.2 Å². The van der Waals surface area contributed by atoms with E-state index in [1.807, 2.05) is 0 Å². The van der Waals surface area contributed by atoms with E-state index in [1.54, 1.807) is 0 Å². The predicted octanol–water partition coefficient (Wildman–Crippen LogP) is 3.59. The van der Waals surface area contributed by atoms with Crippen molar-refractivity contribution in [2.75, 3.05) is 28.4 Å². The van der Waals surface area contributed by atoms with Crippen molar-refractivity contribution in [1.82, 2.24) is 0 Å². The Morgan fingerprint density at radius 1 is 0.968 bits per heavy atom. The van der Waals surface area contributed by atoms with E-state index in [9.17, 15) is 23.7 Å². The summed E-state index contributed by atoms with van der Waals surface area (Å²) in [7, 11) is 5.24. The molecule has 0 spiro atoms. The van der Waals surface area contributed by atoms with Crippen LogP contribution < -0.4 is 23.7 Å². The van der Waals surface area contributed by atoms with E-state index in [0.29, 0.717) is 5.75 Å². The van der Waals surface area contributed by atoms with E-state index in [4.69, 9.17) is 23.7 Å². The Bertz CT molecular complexity index is 966. The van der Waals surface area contributed by atoms with E-state index in [1.165, 1.54) is 40.6 Å². The highest BCUT2D eigenvalue weighted by atomic mass is 19.3. The Morgan fingerprint density at radius 2 is 1.61 bits per heavy atom. The van der Waals surface area contributed by atoms with Gasteiger partial charge in [0.1, 0.15) is 12.2 Å². The lowest BCUT2D eigenvalue weighted by molar-refractivity contribution is -0.386. The van der Waals surface area contributed by atoms with Crippen molar-refractivity contribution in [3.05, 3.63) is 45.5 Å². The number of methoxy groups -OCH3 is 4. The molecular weight excluding hydrogens is 424 g/mol. The first-order chi connectivity index (χ1) is 14.8. The third-order valence-corrected chi connectivity index (χ3v) is 4.06. The topological polar surface area (TPSA) is 116 Å². The van der Waals surface area contributed by atoms with Gasteiger partial charge in [-0.3, -0.25) is 10.1 Å². The molecule has 0 N–H and O–H groups in total. The summed E-state index contributed by atoms with van der Waals surface area (Å²) in [5.74, 6) is -1.09. The molecule has 2 aromatic carbocycles. The van der Waals surface area contributed by atoms with Gasteiger partial charge in [0.05, 0.1) is 45.0 Å². The zero-order chi connectivity index (χ0) is 23.1. The molecule has 0 aliphatic heterocycles. The third-order valence-electron chi connectivity index (χ3n) is 4.06. The van der Waals surface area contributed by atoms with Gasteiger partial charge in [-0.2, -0.15) is 8.78 Å². The first-order valence-corrected chi connectivity index (χ1v) is 8.53. The summed E-state index contributed by atoms with van der Waals surface area (Å²) in [5, 5.41) is 11.4. The van der Waals surface area contributed by atoms with Crippen molar-refractivity contribution in [3.8, 4) is 28.7 Å².